The summed E-state index contributed by atoms with van der Waals surface area (Å²) < 4.78 is 4.97. The third-order valence-electron chi connectivity index (χ3n) is 3.95. The van der Waals surface area contributed by atoms with E-state index in [4.69, 9.17) is 16.3 Å². The molecule has 1 heterocycles. The van der Waals surface area contributed by atoms with Crippen LogP contribution in [-0.4, -0.2) is 61.1 Å². The summed E-state index contributed by atoms with van der Waals surface area (Å²) in [6, 6.07) is 7.65. The van der Waals surface area contributed by atoms with Gasteiger partial charge in [-0.1, -0.05) is 29.8 Å². The van der Waals surface area contributed by atoms with Crippen molar-refractivity contribution in [3.05, 3.63) is 34.9 Å². The van der Waals surface area contributed by atoms with E-state index >= 15 is 0 Å². The number of nitrogens with one attached hydrogen (secondary N) is 1. The summed E-state index contributed by atoms with van der Waals surface area (Å²) in [5.41, 5.74) is 1.02. The molecular weight excluding hydrogens is 330 g/mol. The molecule has 0 bridgehead atoms. The van der Waals surface area contributed by atoms with Crippen LogP contribution in [0.4, 0.5) is 4.79 Å². The molecule has 0 unspecified atom stereocenters. The van der Waals surface area contributed by atoms with Crippen LogP contribution in [0.25, 0.3) is 0 Å². The summed E-state index contributed by atoms with van der Waals surface area (Å²) in [6.07, 6.45) is 0.134. The molecule has 1 N–H and O–H groups in total. The van der Waals surface area contributed by atoms with Crippen LogP contribution in [0.1, 0.15) is 18.9 Å². The molecule has 2 rings (SSSR count). The minimum atomic E-state index is -0.300. The number of rotatable bonds is 6. The van der Waals surface area contributed by atoms with Gasteiger partial charge in [0.25, 0.3) is 0 Å². The van der Waals surface area contributed by atoms with E-state index in [0.29, 0.717) is 52.3 Å². The number of ether oxygens (including phenoxy) is 1. The smallest absolute Gasteiger partial charge is 0.409 e. The van der Waals surface area contributed by atoms with E-state index < -0.39 is 0 Å². The maximum atomic E-state index is 12.2. The van der Waals surface area contributed by atoms with Crippen molar-refractivity contribution < 1.29 is 14.3 Å². The van der Waals surface area contributed by atoms with Crippen molar-refractivity contribution in [1.82, 2.24) is 15.1 Å². The molecule has 7 heteroatoms. The highest BCUT2D eigenvalue weighted by Crippen LogP contribution is 2.14. The molecule has 6 nitrogen and oxygen atoms in total. The number of amides is 2. The van der Waals surface area contributed by atoms with Gasteiger partial charge in [0, 0.05) is 50.7 Å². The Labute approximate surface area is 147 Å². The molecule has 0 atom stereocenters. The summed E-state index contributed by atoms with van der Waals surface area (Å²) in [5.74, 6) is 0.102. The summed E-state index contributed by atoms with van der Waals surface area (Å²) >= 11 is 6.09. The average Bonchev–Trinajstić information content (AvgIpc) is 2.60. The minimum Gasteiger partial charge on any atom is -0.450 e. The van der Waals surface area contributed by atoms with Crippen LogP contribution in [0.2, 0.25) is 5.02 Å². The lowest BCUT2D eigenvalue weighted by atomic mass is 10.2. The maximum Gasteiger partial charge on any atom is 0.409 e. The number of carbonyl (C=O) groups excluding carboxylic acids is 2. The zero-order valence-corrected chi connectivity index (χ0v) is 14.7. The highest BCUT2D eigenvalue weighted by atomic mass is 35.5. The average molecular weight is 354 g/mol. The first-order valence-electron chi connectivity index (χ1n) is 8.25. The van der Waals surface area contributed by atoms with Gasteiger partial charge >= 0.3 is 6.09 Å². The Hall–Kier alpha value is -1.79. The SMILES string of the molecule is CCOC(=O)N1CCN(C(=O)CCNCc2ccccc2Cl)CC1. The second kappa shape index (κ2) is 9.49. The van der Waals surface area contributed by atoms with Crippen LogP contribution in [0.15, 0.2) is 24.3 Å². The molecule has 1 saturated heterocycles. The van der Waals surface area contributed by atoms with Crippen molar-refractivity contribution in [3.63, 3.8) is 0 Å². The summed E-state index contributed by atoms with van der Waals surface area (Å²) in [6.45, 7) is 5.56. The van der Waals surface area contributed by atoms with Crippen molar-refractivity contribution in [2.75, 3.05) is 39.3 Å². The van der Waals surface area contributed by atoms with Gasteiger partial charge in [-0.3, -0.25) is 4.79 Å². The molecule has 0 aliphatic carbocycles. The third kappa shape index (κ3) is 5.39. The first kappa shape index (κ1) is 18.5. The number of hydrogen-bond donors (Lipinski definition) is 1. The van der Waals surface area contributed by atoms with Gasteiger partial charge in [-0.2, -0.15) is 0 Å². The van der Waals surface area contributed by atoms with Crippen LogP contribution in [0.5, 0.6) is 0 Å². The van der Waals surface area contributed by atoms with Gasteiger partial charge in [0.2, 0.25) is 5.91 Å². The lowest BCUT2D eigenvalue weighted by Crippen LogP contribution is -2.51. The fourth-order valence-corrected chi connectivity index (χ4v) is 2.77. The van der Waals surface area contributed by atoms with Crippen LogP contribution in [0, 0.1) is 0 Å². The lowest BCUT2D eigenvalue weighted by molar-refractivity contribution is -0.132. The Morgan fingerprint density at radius 3 is 2.50 bits per heavy atom. The van der Waals surface area contributed by atoms with Crippen molar-refractivity contribution in [1.29, 1.82) is 0 Å². The molecule has 1 aliphatic heterocycles. The van der Waals surface area contributed by atoms with Gasteiger partial charge < -0.3 is 19.9 Å². The van der Waals surface area contributed by atoms with Gasteiger partial charge in [-0.05, 0) is 18.6 Å². The Morgan fingerprint density at radius 2 is 1.83 bits per heavy atom. The Bertz CT molecular complexity index is 560. The fourth-order valence-electron chi connectivity index (χ4n) is 2.57. The van der Waals surface area contributed by atoms with Crippen LogP contribution < -0.4 is 5.32 Å². The molecule has 1 aliphatic rings. The molecule has 132 valence electrons. The number of nitrogens with zero attached hydrogens (tertiary/aromatic N) is 2. The molecule has 1 aromatic carbocycles. The van der Waals surface area contributed by atoms with Gasteiger partial charge in [-0.15, -0.1) is 0 Å². The molecule has 0 radical (unpaired) electrons. The van der Waals surface area contributed by atoms with Gasteiger partial charge in [0.15, 0.2) is 0 Å². The van der Waals surface area contributed by atoms with Gasteiger partial charge in [0.1, 0.15) is 0 Å². The molecule has 1 fully saturated rings. The molecular formula is C17H24ClN3O3. The topological polar surface area (TPSA) is 61.9 Å². The summed E-state index contributed by atoms with van der Waals surface area (Å²) in [5, 5.41) is 3.97. The fraction of sp³-hybridized carbons (Fsp3) is 0.529. The number of hydrogen-bond acceptors (Lipinski definition) is 4. The van der Waals surface area contributed by atoms with E-state index in [1.807, 2.05) is 24.3 Å². The molecule has 0 aromatic heterocycles. The molecule has 24 heavy (non-hydrogen) atoms. The normalized spacial score (nSPS) is 14.6. The third-order valence-corrected chi connectivity index (χ3v) is 4.32. The quantitative estimate of drug-likeness (QED) is 0.796. The maximum absolute atomic E-state index is 12.2. The summed E-state index contributed by atoms with van der Waals surface area (Å²) in [7, 11) is 0. The summed E-state index contributed by atoms with van der Waals surface area (Å²) in [4.78, 5) is 27.3. The van der Waals surface area contributed by atoms with Gasteiger partial charge in [-0.25, -0.2) is 4.79 Å². The first-order valence-corrected chi connectivity index (χ1v) is 8.63. The number of piperazine rings is 1. The lowest BCUT2D eigenvalue weighted by Gasteiger charge is -2.34. The van der Waals surface area contributed by atoms with E-state index in [-0.39, 0.29) is 12.0 Å². The zero-order chi connectivity index (χ0) is 17.4. The number of halogens is 1. The molecule has 0 saturated carbocycles. The van der Waals surface area contributed by atoms with E-state index in [0.717, 1.165) is 10.6 Å². The number of benzene rings is 1. The second-order valence-corrected chi connectivity index (χ2v) is 5.99. The van der Waals surface area contributed by atoms with Crippen LogP contribution in [0.3, 0.4) is 0 Å². The van der Waals surface area contributed by atoms with E-state index in [1.165, 1.54) is 0 Å². The molecule has 2 amide bonds. The minimum absolute atomic E-state index is 0.102. The second-order valence-electron chi connectivity index (χ2n) is 5.58. The predicted molar refractivity (Wildman–Crippen MR) is 93.0 cm³/mol. The van der Waals surface area contributed by atoms with E-state index in [9.17, 15) is 9.59 Å². The highest BCUT2D eigenvalue weighted by Gasteiger charge is 2.24. The van der Waals surface area contributed by atoms with Crippen molar-refractivity contribution in [2.45, 2.75) is 19.9 Å². The van der Waals surface area contributed by atoms with Crippen LogP contribution >= 0.6 is 11.6 Å². The Morgan fingerprint density at radius 1 is 1.17 bits per heavy atom. The van der Waals surface area contributed by atoms with Crippen LogP contribution in [-0.2, 0) is 16.1 Å². The molecule has 1 aromatic rings. The van der Waals surface area contributed by atoms with Crippen molar-refractivity contribution in [3.8, 4) is 0 Å². The number of carbonyl (C=O) groups is 2. The highest BCUT2D eigenvalue weighted by molar-refractivity contribution is 6.31. The van der Waals surface area contributed by atoms with Crippen molar-refractivity contribution in [2.24, 2.45) is 0 Å². The Kier molecular flexibility index (Phi) is 7.34. The van der Waals surface area contributed by atoms with Gasteiger partial charge in [0.05, 0.1) is 6.61 Å². The standard InChI is InChI=1S/C17H24ClN3O3/c1-2-24-17(23)21-11-9-20(10-12-21)16(22)7-8-19-13-14-5-3-4-6-15(14)18/h3-6,19H,2,7-13H2,1H3. The molecule has 0 spiro atoms. The van der Waals surface area contributed by atoms with E-state index in [2.05, 4.69) is 5.32 Å². The largest absolute Gasteiger partial charge is 0.450 e. The predicted octanol–water partition coefficient (Wildman–Crippen LogP) is 2.12. The first-order chi connectivity index (χ1) is 11.6. The van der Waals surface area contributed by atoms with E-state index in [1.54, 1.807) is 16.7 Å². The van der Waals surface area contributed by atoms with Crippen molar-refractivity contribution >= 4 is 23.6 Å². The zero-order valence-electron chi connectivity index (χ0n) is 14.0. The monoisotopic (exact) mass is 353 g/mol. The Balaban J connectivity index is 1.65.